The number of hydrogen-bond acceptors (Lipinski definition) is 3. The quantitative estimate of drug-likeness (QED) is 0.596. The summed E-state index contributed by atoms with van der Waals surface area (Å²) >= 11 is 0. The van der Waals surface area contributed by atoms with E-state index in [1.807, 2.05) is 95.9 Å². The number of likely N-dealkylation sites (tertiary alicyclic amines) is 1. The maximum atomic E-state index is 13.1. The molecule has 3 aromatic carbocycles. The summed E-state index contributed by atoms with van der Waals surface area (Å²) in [6.07, 6.45) is 0.892. The zero-order valence-electron chi connectivity index (χ0n) is 17.4. The standard InChI is InChI=1S/C26H27N3O2/c27-25(31)26(16-20-10-4-1-5-11-20)17-23(29(26)19-22-14-8-3-9-15-22)24(30)28-18-21-12-6-2-7-13-21/h1-15,23H,16-19H2,(H2,27,31)(H,28,30). The first kappa shape index (κ1) is 20.8. The predicted molar refractivity (Wildman–Crippen MR) is 121 cm³/mol. The number of rotatable bonds is 8. The van der Waals surface area contributed by atoms with Gasteiger partial charge < -0.3 is 11.1 Å². The smallest absolute Gasteiger partial charge is 0.238 e. The maximum absolute atomic E-state index is 13.1. The molecule has 0 aliphatic carbocycles. The van der Waals surface area contributed by atoms with Crippen LogP contribution in [0.2, 0.25) is 0 Å². The molecule has 3 N–H and O–H groups in total. The van der Waals surface area contributed by atoms with Crippen molar-refractivity contribution in [1.29, 1.82) is 0 Å². The van der Waals surface area contributed by atoms with Gasteiger partial charge in [0.05, 0.1) is 6.04 Å². The van der Waals surface area contributed by atoms with Gasteiger partial charge in [0, 0.05) is 13.1 Å². The Hall–Kier alpha value is -3.44. The minimum absolute atomic E-state index is 0.0790. The highest BCUT2D eigenvalue weighted by Crippen LogP contribution is 2.41. The molecule has 1 aliphatic heterocycles. The van der Waals surface area contributed by atoms with Crippen molar-refractivity contribution < 1.29 is 9.59 Å². The van der Waals surface area contributed by atoms with E-state index in [4.69, 9.17) is 5.73 Å². The second-order valence-electron chi connectivity index (χ2n) is 8.10. The molecule has 1 heterocycles. The van der Waals surface area contributed by atoms with Crippen molar-refractivity contribution in [2.24, 2.45) is 5.73 Å². The number of carbonyl (C=O) groups excluding carboxylic acids is 2. The van der Waals surface area contributed by atoms with Gasteiger partial charge in [-0.3, -0.25) is 14.5 Å². The topological polar surface area (TPSA) is 75.4 Å². The van der Waals surface area contributed by atoms with Crippen LogP contribution in [0.4, 0.5) is 0 Å². The number of nitrogens with two attached hydrogens (primary N) is 1. The van der Waals surface area contributed by atoms with E-state index in [2.05, 4.69) is 5.32 Å². The zero-order valence-corrected chi connectivity index (χ0v) is 17.4. The van der Waals surface area contributed by atoms with E-state index in [0.717, 1.165) is 16.7 Å². The van der Waals surface area contributed by atoms with Gasteiger partial charge in [-0.25, -0.2) is 0 Å². The van der Waals surface area contributed by atoms with Crippen molar-refractivity contribution >= 4 is 11.8 Å². The normalized spacial score (nSPS) is 20.6. The number of amides is 2. The molecule has 31 heavy (non-hydrogen) atoms. The number of hydrogen-bond donors (Lipinski definition) is 2. The number of nitrogens with zero attached hydrogens (tertiary/aromatic N) is 1. The van der Waals surface area contributed by atoms with Crippen LogP contribution in [0.15, 0.2) is 91.0 Å². The zero-order chi connectivity index (χ0) is 21.7. The van der Waals surface area contributed by atoms with Crippen LogP contribution in [0, 0.1) is 0 Å². The number of benzene rings is 3. The third-order valence-corrected chi connectivity index (χ3v) is 6.06. The van der Waals surface area contributed by atoms with E-state index in [1.54, 1.807) is 0 Å². The summed E-state index contributed by atoms with van der Waals surface area (Å²) in [5.74, 6) is -0.468. The number of carbonyl (C=O) groups is 2. The largest absolute Gasteiger partial charge is 0.368 e. The summed E-state index contributed by atoms with van der Waals surface area (Å²) in [5, 5.41) is 3.02. The van der Waals surface area contributed by atoms with E-state index in [-0.39, 0.29) is 11.8 Å². The molecule has 5 nitrogen and oxygen atoms in total. The molecule has 5 heteroatoms. The van der Waals surface area contributed by atoms with Gasteiger partial charge in [-0.05, 0) is 29.5 Å². The minimum Gasteiger partial charge on any atom is -0.368 e. The Kier molecular flexibility index (Phi) is 6.14. The molecule has 1 saturated heterocycles. The molecular formula is C26H27N3O2. The monoisotopic (exact) mass is 413 g/mol. The highest BCUT2D eigenvalue weighted by Gasteiger charge is 2.58. The fourth-order valence-electron chi connectivity index (χ4n) is 4.35. The lowest BCUT2D eigenvalue weighted by Crippen LogP contribution is -2.75. The Morgan fingerprint density at radius 2 is 1.35 bits per heavy atom. The van der Waals surface area contributed by atoms with Gasteiger partial charge >= 0.3 is 0 Å². The van der Waals surface area contributed by atoms with Gasteiger partial charge in [0.25, 0.3) is 0 Å². The SMILES string of the molecule is NC(=O)C1(Cc2ccccc2)CC(C(=O)NCc2ccccc2)N1Cc1ccccc1. The molecule has 0 radical (unpaired) electrons. The third-order valence-electron chi connectivity index (χ3n) is 6.06. The first-order valence-corrected chi connectivity index (χ1v) is 10.5. The lowest BCUT2D eigenvalue weighted by atomic mass is 9.72. The second kappa shape index (κ2) is 9.14. The van der Waals surface area contributed by atoms with Crippen LogP contribution in [0.3, 0.4) is 0 Å². The van der Waals surface area contributed by atoms with Gasteiger partial charge in [-0.1, -0.05) is 91.0 Å². The van der Waals surface area contributed by atoms with Crippen molar-refractivity contribution in [3.05, 3.63) is 108 Å². The lowest BCUT2D eigenvalue weighted by molar-refractivity contribution is -0.159. The van der Waals surface area contributed by atoms with E-state index in [9.17, 15) is 9.59 Å². The predicted octanol–water partition coefficient (Wildman–Crippen LogP) is 3.04. The molecule has 1 fully saturated rings. The Morgan fingerprint density at radius 1 is 0.839 bits per heavy atom. The van der Waals surface area contributed by atoms with Crippen LogP contribution >= 0.6 is 0 Å². The number of nitrogens with one attached hydrogen (secondary N) is 1. The van der Waals surface area contributed by atoms with Gasteiger partial charge in [-0.15, -0.1) is 0 Å². The van der Waals surface area contributed by atoms with Crippen LogP contribution < -0.4 is 11.1 Å². The van der Waals surface area contributed by atoms with Crippen LogP contribution in [-0.2, 0) is 29.1 Å². The summed E-state index contributed by atoms with van der Waals surface area (Å²) in [6, 6.07) is 29.1. The number of primary amides is 1. The summed E-state index contributed by atoms with van der Waals surface area (Å²) in [6.45, 7) is 0.942. The van der Waals surface area contributed by atoms with E-state index in [1.165, 1.54) is 0 Å². The maximum Gasteiger partial charge on any atom is 0.238 e. The molecule has 0 aromatic heterocycles. The Bertz CT molecular complexity index is 1020. The first-order valence-electron chi connectivity index (χ1n) is 10.5. The average Bonchev–Trinajstić information content (AvgIpc) is 2.80. The fraction of sp³-hybridized carbons (Fsp3) is 0.231. The van der Waals surface area contributed by atoms with E-state index >= 15 is 0 Å². The Labute approximate surface area is 182 Å². The van der Waals surface area contributed by atoms with Gasteiger partial charge in [-0.2, -0.15) is 0 Å². The van der Waals surface area contributed by atoms with Crippen LogP contribution in [-0.4, -0.2) is 28.3 Å². The summed E-state index contributed by atoms with van der Waals surface area (Å²) in [7, 11) is 0. The molecule has 3 aromatic rings. The van der Waals surface area contributed by atoms with Crippen molar-refractivity contribution in [2.75, 3.05) is 0 Å². The second-order valence-corrected chi connectivity index (χ2v) is 8.10. The Balaban J connectivity index is 1.56. The molecule has 0 spiro atoms. The molecule has 2 amide bonds. The van der Waals surface area contributed by atoms with Crippen molar-refractivity contribution in [1.82, 2.24) is 10.2 Å². The summed E-state index contributed by atoms with van der Waals surface area (Å²) in [5.41, 5.74) is 8.17. The molecule has 2 atom stereocenters. The van der Waals surface area contributed by atoms with Crippen LogP contribution in [0.25, 0.3) is 0 Å². The first-order chi connectivity index (χ1) is 15.1. The minimum atomic E-state index is -0.883. The third kappa shape index (κ3) is 4.52. The Morgan fingerprint density at radius 3 is 1.90 bits per heavy atom. The van der Waals surface area contributed by atoms with Gasteiger partial charge in [0.2, 0.25) is 11.8 Å². The van der Waals surface area contributed by atoms with E-state index < -0.39 is 11.6 Å². The fourth-order valence-corrected chi connectivity index (χ4v) is 4.35. The molecule has 158 valence electrons. The highest BCUT2D eigenvalue weighted by atomic mass is 16.2. The molecule has 2 unspecified atom stereocenters. The highest BCUT2D eigenvalue weighted by molar-refractivity contribution is 5.92. The van der Waals surface area contributed by atoms with E-state index in [0.29, 0.717) is 25.9 Å². The van der Waals surface area contributed by atoms with Gasteiger partial charge in [0.15, 0.2) is 0 Å². The van der Waals surface area contributed by atoms with Crippen molar-refractivity contribution in [3.8, 4) is 0 Å². The lowest BCUT2D eigenvalue weighted by Gasteiger charge is -2.55. The van der Waals surface area contributed by atoms with Crippen LogP contribution in [0.5, 0.6) is 0 Å². The van der Waals surface area contributed by atoms with Gasteiger partial charge in [0.1, 0.15) is 5.54 Å². The summed E-state index contributed by atoms with van der Waals surface area (Å²) in [4.78, 5) is 27.7. The molecule has 4 rings (SSSR count). The molecular weight excluding hydrogens is 386 g/mol. The van der Waals surface area contributed by atoms with Crippen molar-refractivity contribution in [3.63, 3.8) is 0 Å². The average molecular weight is 414 g/mol. The summed E-state index contributed by atoms with van der Waals surface area (Å²) < 4.78 is 0. The van der Waals surface area contributed by atoms with Crippen molar-refractivity contribution in [2.45, 2.75) is 37.5 Å². The molecule has 1 aliphatic rings. The molecule has 0 saturated carbocycles. The van der Waals surface area contributed by atoms with Crippen LogP contribution in [0.1, 0.15) is 23.1 Å². The molecule has 0 bridgehead atoms.